The Balaban J connectivity index is 0.977. The number of nitrogens with zero attached hydrogens (tertiary/aromatic N) is 3. The van der Waals surface area contributed by atoms with Crippen molar-refractivity contribution in [3.63, 3.8) is 0 Å². The SMILES string of the molecule is COC(=O)N[C@H](C(=O)N1CCCC1c1ncc(-c2ccc3cc(-c4ccc(-c5[nH]c(C6CCCN6C(O)[C@@H](NC(C)OC)C(C)C)c6c5CCC6)cc4)ccc3c2)[nH]1)C(C)C. The van der Waals surface area contributed by atoms with Crippen LogP contribution in [0.1, 0.15) is 101 Å². The Morgan fingerprint density at radius 1 is 0.787 bits per heavy atom. The number of nitrogens with one attached hydrogen (secondary N) is 4. The largest absolute Gasteiger partial charge is 0.453 e. The van der Waals surface area contributed by atoms with Gasteiger partial charge in [0.1, 0.15) is 24.3 Å². The lowest BCUT2D eigenvalue weighted by Crippen LogP contribution is -2.55. The van der Waals surface area contributed by atoms with Crippen molar-refractivity contribution in [1.29, 1.82) is 0 Å². The maximum Gasteiger partial charge on any atom is 0.407 e. The Kier molecular flexibility index (Phi) is 12.7. The lowest BCUT2D eigenvalue weighted by molar-refractivity contribution is -0.135. The van der Waals surface area contributed by atoms with Gasteiger partial charge in [-0.1, -0.05) is 76.2 Å². The third-order valence-electron chi connectivity index (χ3n) is 13.4. The van der Waals surface area contributed by atoms with Crippen molar-refractivity contribution in [1.82, 2.24) is 35.4 Å². The van der Waals surface area contributed by atoms with Gasteiger partial charge in [-0.05, 0) is 114 Å². The molecular formula is C49H63N7O5. The first-order valence-corrected chi connectivity index (χ1v) is 22.3. The van der Waals surface area contributed by atoms with E-state index in [0.29, 0.717) is 6.54 Å². The van der Waals surface area contributed by atoms with Crippen molar-refractivity contribution in [2.75, 3.05) is 27.3 Å². The van der Waals surface area contributed by atoms with E-state index in [1.54, 1.807) is 7.11 Å². The summed E-state index contributed by atoms with van der Waals surface area (Å²) in [7, 11) is 3.00. The summed E-state index contributed by atoms with van der Waals surface area (Å²) in [5, 5.41) is 20.3. The van der Waals surface area contributed by atoms with E-state index in [9.17, 15) is 14.7 Å². The van der Waals surface area contributed by atoms with Gasteiger partial charge in [0, 0.05) is 37.2 Å². The molecule has 61 heavy (non-hydrogen) atoms. The summed E-state index contributed by atoms with van der Waals surface area (Å²) >= 11 is 0. The van der Waals surface area contributed by atoms with Crippen molar-refractivity contribution in [2.24, 2.45) is 11.8 Å². The minimum absolute atomic E-state index is 0.0932. The number of imidazole rings is 1. The van der Waals surface area contributed by atoms with Gasteiger partial charge < -0.3 is 34.8 Å². The molecule has 2 amide bonds. The molecule has 2 aliphatic heterocycles. The Bertz CT molecular complexity index is 2330. The molecule has 1 aliphatic carbocycles. The van der Waals surface area contributed by atoms with Crippen molar-refractivity contribution >= 4 is 22.8 Å². The zero-order valence-electron chi connectivity index (χ0n) is 36.8. The normalized spacial score (nSPS) is 20.1. The zero-order valence-corrected chi connectivity index (χ0v) is 36.8. The second-order valence-electron chi connectivity index (χ2n) is 17.9. The predicted molar refractivity (Wildman–Crippen MR) is 240 cm³/mol. The molecule has 2 fully saturated rings. The number of aromatic nitrogens is 3. The van der Waals surface area contributed by atoms with Crippen LogP contribution in [0.4, 0.5) is 4.79 Å². The van der Waals surface area contributed by atoms with Crippen LogP contribution in [0.2, 0.25) is 0 Å². The van der Waals surface area contributed by atoms with Crippen LogP contribution >= 0.6 is 0 Å². The number of hydrogen-bond donors (Lipinski definition) is 5. The smallest absolute Gasteiger partial charge is 0.407 e. The van der Waals surface area contributed by atoms with Gasteiger partial charge in [0.05, 0.1) is 37.1 Å². The summed E-state index contributed by atoms with van der Waals surface area (Å²) in [6.45, 7) is 11.6. The lowest BCUT2D eigenvalue weighted by Gasteiger charge is -2.38. The number of hydrogen-bond acceptors (Lipinski definition) is 8. The molecule has 0 bridgehead atoms. The zero-order chi connectivity index (χ0) is 42.9. The molecule has 6 atom stereocenters. The number of carbonyl (C=O) groups is 2. The molecular weight excluding hydrogens is 767 g/mol. The second kappa shape index (κ2) is 18.1. The number of benzene rings is 3. The maximum atomic E-state index is 13.6. The van der Waals surface area contributed by atoms with E-state index < -0.39 is 18.4 Å². The van der Waals surface area contributed by atoms with Crippen LogP contribution < -0.4 is 10.6 Å². The number of methoxy groups -OCH3 is 2. The molecule has 4 unspecified atom stereocenters. The molecule has 324 valence electrons. The molecule has 0 radical (unpaired) electrons. The third kappa shape index (κ3) is 8.60. The average molecular weight is 830 g/mol. The van der Waals surface area contributed by atoms with E-state index in [-0.39, 0.29) is 42.1 Å². The molecule has 12 nitrogen and oxygen atoms in total. The number of H-pyrrole nitrogens is 2. The van der Waals surface area contributed by atoms with Crippen molar-refractivity contribution in [3.05, 3.63) is 89.5 Å². The van der Waals surface area contributed by atoms with Gasteiger partial charge in [0.25, 0.3) is 0 Å². The number of aromatic amines is 2. The van der Waals surface area contributed by atoms with E-state index in [1.165, 1.54) is 35.2 Å². The van der Waals surface area contributed by atoms with Crippen molar-refractivity contribution in [2.45, 2.75) is 116 Å². The number of alkyl carbamates (subject to hydrolysis) is 1. The number of aliphatic hydroxyl groups is 1. The van der Waals surface area contributed by atoms with Gasteiger partial charge in [-0.25, -0.2) is 9.78 Å². The number of fused-ring (bicyclic) bond motifs is 2. The fourth-order valence-electron chi connectivity index (χ4n) is 9.98. The van der Waals surface area contributed by atoms with Crippen molar-refractivity contribution < 1.29 is 24.2 Å². The van der Waals surface area contributed by atoms with Crippen molar-refractivity contribution in [3.8, 4) is 33.6 Å². The van der Waals surface area contributed by atoms with Gasteiger partial charge in [-0.2, -0.15) is 0 Å². The summed E-state index contributed by atoms with van der Waals surface area (Å²) in [6, 6.07) is 21.2. The van der Waals surface area contributed by atoms with Gasteiger partial charge >= 0.3 is 6.09 Å². The van der Waals surface area contributed by atoms with Gasteiger partial charge in [-0.15, -0.1) is 0 Å². The van der Waals surface area contributed by atoms with Crippen LogP contribution in [0, 0.1) is 11.8 Å². The fourth-order valence-corrected chi connectivity index (χ4v) is 9.98. The summed E-state index contributed by atoms with van der Waals surface area (Å²) in [5.74, 6) is 0.778. The number of ether oxygens (including phenoxy) is 2. The average Bonchev–Trinajstić information content (AvgIpc) is 4.12. The van der Waals surface area contributed by atoms with Crippen LogP contribution in [0.25, 0.3) is 44.4 Å². The first-order valence-electron chi connectivity index (χ1n) is 22.3. The second-order valence-corrected chi connectivity index (χ2v) is 17.9. The molecule has 4 heterocycles. The standard InChI is InChI=1S/C49H63N7O5/c1-28(2)42(51-30(5)60-6)47(57)55-23-9-13-40(55)45-38-12-8-11-37(38)44(53-45)32-17-15-31(16-18-32)33-19-20-35-26-36(22-21-34(35)25-33)39-27-50-46(52-39)41-14-10-24-56(41)48(58)43(29(3)4)54-49(59)61-7/h15-22,25-30,40-43,47,51,53,57H,8-14,23-24H2,1-7H3,(H,50,52)(H,54,59)/t30?,40?,41?,42-,43-,47?/m0/s1. The molecule has 5 aromatic rings. The molecule has 2 aromatic heterocycles. The number of amides is 2. The topological polar surface area (TPSA) is 148 Å². The Morgan fingerprint density at radius 3 is 2.15 bits per heavy atom. The highest BCUT2D eigenvalue weighted by atomic mass is 16.5. The van der Waals surface area contributed by atoms with Crippen LogP contribution in [0.5, 0.6) is 0 Å². The fraction of sp³-hybridized carbons (Fsp3) is 0.490. The Labute approximate surface area is 359 Å². The van der Waals surface area contributed by atoms with Gasteiger partial charge in [0.2, 0.25) is 5.91 Å². The highest BCUT2D eigenvalue weighted by molar-refractivity contribution is 5.91. The monoisotopic (exact) mass is 829 g/mol. The first kappa shape index (κ1) is 42.7. The molecule has 12 heteroatoms. The lowest BCUT2D eigenvalue weighted by atomic mass is 9.97. The van der Waals surface area contributed by atoms with E-state index in [4.69, 9.17) is 14.5 Å². The highest BCUT2D eigenvalue weighted by Gasteiger charge is 2.40. The molecule has 0 spiro atoms. The number of aliphatic hydroxyl groups excluding tert-OH is 1. The molecule has 2 saturated heterocycles. The van der Waals surface area contributed by atoms with E-state index in [2.05, 4.69) is 100 Å². The van der Waals surface area contributed by atoms with E-state index in [0.717, 1.165) is 90.5 Å². The van der Waals surface area contributed by atoms with Crippen LogP contribution in [0.15, 0.2) is 66.9 Å². The van der Waals surface area contributed by atoms with E-state index in [1.807, 2.05) is 31.9 Å². The maximum absolute atomic E-state index is 13.6. The minimum Gasteiger partial charge on any atom is -0.453 e. The van der Waals surface area contributed by atoms with E-state index >= 15 is 0 Å². The predicted octanol–water partition coefficient (Wildman–Crippen LogP) is 8.49. The van der Waals surface area contributed by atoms with Crippen LogP contribution in [-0.2, 0) is 27.1 Å². The Morgan fingerprint density at radius 2 is 1.44 bits per heavy atom. The number of rotatable bonds is 14. The summed E-state index contributed by atoms with van der Waals surface area (Å²) in [4.78, 5) is 42.0. The molecule has 0 saturated carbocycles. The minimum atomic E-state index is -0.675. The molecule has 3 aliphatic rings. The molecule has 5 N–H and O–H groups in total. The van der Waals surface area contributed by atoms with Crippen LogP contribution in [0.3, 0.4) is 0 Å². The Hall–Kier alpha value is -5.01. The molecule has 8 rings (SSSR count). The summed E-state index contributed by atoms with van der Waals surface area (Å²) in [5.41, 5.74) is 10.8. The summed E-state index contributed by atoms with van der Waals surface area (Å²) < 4.78 is 10.3. The highest BCUT2D eigenvalue weighted by Crippen LogP contribution is 2.43. The summed E-state index contributed by atoms with van der Waals surface area (Å²) in [6.07, 6.45) is 7.53. The third-order valence-corrected chi connectivity index (χ3v) is 13.4. The number of likely N-dealkylation sites (tertiary alicyclic amines) is 2. The first-order chi connectivity index (χ1) is 29.4. The number of carbonyl (C=O) groups excluding carboxylic acids is 2. The van der Waals surface area contributed by atoms with Gasteiger partial charge in [-0.3, -0.25) is 15.0 Å². The van der Waals surface area contributed by atoms with Crippen LogP contribution in [-0.4, -0.2) is 93.7 Å². The quantitative estimate of drug-likeness (QED) is 0.0701. The van der Waals surface area contributed by atoms with Gasteiger partial charge in [0.15, 0.2) is 0 Å². The molecule has 3 aromatic carbocycles.